The van der Waals surface area contributed by atoms with E-state index >= 15 is 0 Å². The topological polar surface area (TPSA) is 22.1 Å². The van der Waals surface area contributed by atoms with Gasteiger partial charge in [-0.3, -0.25) is 4.98 Å². The van der Waals surface area contributed by atoms with Crippen LogP contribution in [0.15, 0.2) is 30.3 Å². The molecule has 0 saturated heterocycles. The molecule has 0 spiro atoms. The Morgan fingerprint density at radius 2 is 2.00 bits per heavy atom. The quantitative estimate of drug-likeness (QED) is 0.775. The van der Waals surface area contributed by atoms with Crippen molar-refractivity contribution in [3.63, 3.8) is 0 Å². The number of aromatic nitrogens is 1. The summed E-state index contributed by atoms with van der Waals surface area (Å²) >= 11 is 11.9. The van der Waals surface area contributed by atoms with E-state index < -0.39 is 0 Å². The zero-order valence-corrected chi connectivity index (χ0v) is 11.7. The minimum absolute atomic E-state index is 0.475. The molecular weight excluding hydrogens is 269 g/mol. The van der Waals surface area contributed by atoms with Crippen LogP contribution in [0.2, 0.25) is 5.02 Å². The highest BCUT2D eigenvalue weighted by atomic mass is 35.5. The van der Waals surface area contributed by atoms with Crippen molar-refractivity contribution in [1.29, 1.82) is 0 Å². The monoisotopic (exact) mass is 281 g/mol. The van der Waals surface area contributed by atoms with Crippen molar-refractivity contribution in [2.24, 2.45) is 0 Å². The molecule has 0 radical (unpaired) electrons. The molecule has 2 nitrogen and oxygen atoms in total. The van der Waals surface area contributed by atoms with Crippen LogP contribution in [0.4, 0.5) is 0 Å². The number of benzene rings is 1. The van der Waals surface area contributed by atoms with Crippen molar-refractivity contribution >= 4 is 23.2 Å². The van der Waals surface area contributed by atoms with Gasteiger partial charge in [0.25, 0.3) is 0 Å². The van der Waals surface area contributed by atoms with Crippen LogP contribution in [0.25, 0.3) is 11.3 Å². The van der Waals surface area contributed by atoms with E-state index in [1.54, 1.807) is 7.11 Å². The molecule has 0 N–H and O–H groups in total. The van der Waals surface area contributed by atoms with E-state index in [4.69, 9.17) is 27.9 Å². The molecular formula is C14H13Cl2NO. The standard InChI is InChI=1S/C14H13Cl2NO/c1-9-11(8-15)3-5-13(17-9)10-4-6-14(18-2)12(16)7-10/h3-7H,8H2,1-2H3. The molecule has 0 aliphatic heterocycles. The molecule has 0 aliphatic carbocycles. The second kappa shape index (κ2) is 5.59. The molecule has 0 bridgehead atoms. The predicted molar refractivity (Wildman–Crippen MR) is 75.5 cm³/mol. The van der Waals surface area contributed by atoms with E-state index in [0.29, 0.717) is 16.7 Å². The summed E-state index contributed by atoms with van der Waals surface area (Å²) in [5, 5.41) is 0.580. The number of hydrogen-bond donors (Lipinski definition) is 0. The number of pyridine rings is 1. The van der Waals surface area contributed by atoms with Crippen LogP contribution in [-0.2, 0) is 5.88 Å². The van der Waals surface area contributed by atoms with Crippen molar-refractivity contribution in [1.82, 2.24) is 4.98 Å². The fourth-order valence-electron chi connectivity index (χ4n) is 1.72. The first-order chi connectivity index (χ1) is 8.65. The van der Waals surface area contributed by atoms with Gasteiger partial charge in [0.1, 0.15) is 5.75 Å². The molecule has 1 aromatic carbocycles. The van der Waals surface area contributed by atoms with Crippen LogP contribution in [0, 0.1) is 6.92 Å². The van der Waals surface area contributed by atoms with Crippen LogP contribution in [-0.4, -0.2) is 12.1 Å². The van der Waals surface area contributed by atoms with Gasteiger partial charge in [-0.1, -0.05) is 17.7 Å². The number of ether oxygens (including phenoxy) is 1. The molecule has 0 aliphatic rings. The molecule has 0 amide bonds. The largest absolute Gasteiger partial charge is 0.495 e. The number of aryl methyl sites for hydroxylation is 1. The zero-order chi connectivity index (χ0) is 13.1. The zero-order valence-electron chi connectivity index (χ0n) is 10.2. The third-order valence-electron chi connectivity index (χ3n) is 2.79. The lowest BCUT2D eigenvalue weighted by Crippen LogP contribution is -1.93. The first-order valence-electron chi connectivity index (χ1n) is 5.52. The fourth-order valence-corrected chi connectivity index (χ4v) is 2.26. The Hall–Kier alpha value is -1.25. The van der Waals surface area contributed by atoms with E-state index in [-0.39, 0.29) is 0 Å². The fraction of sp³-hybridized carbons (Fsp3) is 0.214. The van der Waals surface area contributed by atoms with Crippen molar-refractivity contribution in [3.05, 3.63) is 46.6 Å². The summed E-state index contributed by atoms with van der Waals surface area (Å²) in [6.45, 7) is 1.95. The summed E-state index contributed by atoms with van der Waals surface area (Å²) in [4.78, 5) is 4.53. The first kappa shape index (κ1) is 13.2. The number of methoxy groups -OCH3 is 1. The summed E-state index contributed by atoms with van der Waals surface area (Å²) in [7, 11) is 1.60. The maximum atomic E-state index is 6.10. The lowest BCUT2D eigenvalue weighted by Gasteiger charge is -2.08. The second-order valence-corrected chi connectivity index (χ2v) is 4.60. The van der Waals surface area contributed by atoms with Gasteiger partial charge in [-0.2, -0.15) is 0 Å². The molecule has 0 atom stereocenters. The summed E-state index contributed by atoms with van der Waals surface area (Å²) in [6.07, 6.45) is 0. The van der Waals surface area contributed by atoms with Crippen molar-refractivity contribution < 1.29 is 4.74 Å². The normalized spacial score (nSPS) is 10.4. The molecule has 18 heavy (non-hydrogen) atoms. The molecule has 1 heterocycles. The summed E-state index contributed by atoms with van der Waals surface area (Å²) in [5.41, 5.74) is 3.82. The number of rotatable bonds is 3. The predicted octanol–water partition coefficient (Wildman–Crippen LogP) is 4.46. The highest BCUT2D eigenvalue weighted by Gasteiger charge is 2.06. The number of hydrogen-bond acceptors (Lipinski definition) is 2. The summed E-state index contributed by atoms with van der Waals surface area (Å²) in [6, 6.07) is 9.56. The van der Waals surface area contributed by atoms with Crippen LogP contribution in [0.5, 0.6) is 5.75 Å². The van der Waals surface area contributed by atoms with E-state index in [2.05, 4.69) is 4.98 Å². The average molecular weight is 282 g/mol. The maximum Gasteiger partial charge on any atom is 0.137 e. The van der Waals surface area contributed by atoms with Crippen LogP contribution in [0.3, 0.4) is 0 Å². The Balaban J connectivity index is 2.42. The first-order valence-corrected chi connectivity index (χ1v) is 6.43. The van der Waals surface area contributed by atoms with Crippen molar-refractivity contribution in [2.45, 2.75) is 12.8 Å². The molecule has 2 rings (SSSR count). The van der Waals surface area contributed by atoms with Crippen LogP contribution < -0.4 is 4.74 Å². The Bertz CT molecular complexity index is 518. The van der Waals surface area contributed by atoms with Gasteiger partial charge in [0.15, 0.2) is 0 Å². The molecule has 1 aromatic heterocycles. The third kappa shape index (κ3) is 2.60. The number of nitrogens with zero attached hydrogens (tertiary/aromatic N) is 1. The van der Waals surface area contributed by atoms with E-state index in [1.807, 2.05) is 37.3 Å². The SMILES string of the molecule is COc1ccc(-c2ccc(CCl)c(C)n2)cc1Cl. The van der Waals surface area contributed by atoms with Gasteiger partial charge in [0.05, 0.1) is 17.8 Å². The van der Waals surface area contributed by atoms with E-state index in [0.717, 1.165) is 22.5 Å². The van der Waals surface area contributed by atoms with Gasteiger partial charge in [-0.05, 0) is 36.8 Å². The maximum absolute atomic E-state index is 6.10. The second-order valence-electron chi connectivity index (χ2n) is 3.92. The van der Waals surface area contributed by atoms with Gasteiger partial charge in [-0.25, -0.2) is 0 Å². The lowest BCUT2D eigenvalue weighted by atomic mass is 10.1. The van der Waals surface area contributed by atoms with E-state index in [9.17, 15) is 0 Å². The summed E-state index contributed by atoms with van der Waals surface area (Å²) in [5.74, 6) is 1.14. The molecule has 2 aromatic rings. The molecule has 0 unspecified atom stereocenters. The average Bonchev–Trinajstić information content (AvgIpc) is 2.38. The highest BCUT2D eigenvalue weighted by Crippen LogP contribution is 2.29. The summed E-state index contributed by atoms with van der Waals surface area (Å²) < 4.78 is 5.13. The molecule has 94 valence electrons. The molecule has 0 fully saturated rings. The highest BCUT2D eigenvalue weighted by molar-refractivity contribution is 6.32. The third-order valence-corrected chi connectivity index (χ3v) is 3.37. The molecule has 0 saturated carbocycles. The van der Waals surface area contributed by atoms with Crippen molar-refractivity contribution in [2.75, 3.05) is 7.11 Å². The van der Waals surface area contributed by atoms with Gasteiger partial charge in [0.2, 0.25) is 0 Å². The van der Waals surface area contributed by atoms with Gasteiger partial charge < -0.3 is 4.74 Å². The Morgan fingerprint density at radius 3 is 2.56 bits per heavy atom. The lowest BCUT2D eigenvalue weighted by molar-refractivity contribution is 0.415. The smallest absolute Gasteiger partial charge is 0.137 e. The Kier molecular flexibility index (Phi) is 4.10. The van der Waals surface area contributed by atoms with E-state index in [1.165, 1.54) is 0 Å². The van der Waals surface area contributed by atoms with Crippen molar-refractivity contribution in [3.8, 4) is 17.0 Å². The van der Waals surface area contributed by atoms with Gasteiger partial charge in [0, 0.05) is 17.1 Å². The minimum Gasteiger partial charge on any atom is -0.495 e. The number of alkyl halides is 1. The Morgan fingerprint density at radius 1 is 1.22 bits per heavy atom. The molecule has 4 heteroatoms. The minimum atomic E-state index is 0.475. The van der Waals surface area contributed by atoms with Gasteiger partial charge >= 0.3 is 0 Å². The van der Waals surface area contributed by atoms with Crippen LogP contribution in [0.1, 0.15) is 11.3 Å². The van der Waals surface area contributed by atoms with Gasteiger partial charge in [-0.15, -0.1) is 11.6 Å². The Labute approximate surface area is 117 Å². The number of halogens is 2. The van der Waals surface area contributed by atoms with Crippen LogP contribution >= 0.6 is 23.2 Å².